The van der Waals surface area contributed by atoms with E-state index in [0.29, 0.717) is 37.1 Å². The molecule has 0 saturated carbocycles. The zero-order valence-electron chi connectivity index (χ0n) is 19.5. The van der Waals surface area contributed by atoms with Crippen LogP contribution in [0, 0.1) is 5.82 Å². The summed E-state index contributed by atoms with van der Waals surface area (Å²) in [4.78, 5) is 23.6. The summed E-state index contributed by atoms with van der Waals surface area (Å²) in [7, 11) is 3.35. The Morgan fingerprint density at radius 3 is 2.49 bits per heavy atom. The van der Waals surface area contributed by atoms with E-state index in [-0.39, 0.29) is 17.5 Å². The molecule has 1 atom stereocenters. The number of halogens is 1. The molecule has 1 aliphatic rings. The van der Waals surface area contributed by atoms with Gasteiger partial charge in [-0.1, -0.05) is 24.3 Å². The number of hydrogen-bond donors (Lipinski definition) is 0. The van der Waals surface area contributed by atoms with Gasteiger partial charge in [0.2, 0.25) is 5.95 Å². The molecule has 2 aromatic carbocycles. The molecule has 1 aliphatic heterocycles. The molecule has 0 bridgehead atoms. The first-order chi connectivity index (χ1) is 17.0. The predicted molar refractivity (Wildman–Crippen MR) is 132 cm³/mol. The van der Waals surface area contributed by atoms with Crippen LogP contribution in [0.4, 0.5) is 10.3 Å². The second-order valence-corrected chi connectivity index (χ2v) is 8.34. The first-order valence-electron chi connectivity index (χ1n) is 11.3. The molecule has 1 unspecified atom stereocenters. The molecule has 0 amide bonds. The van der Waals surface area contributed by atoms with Crippen molar-refractivity contribution in [2.45, 2.75) is 6.10 Å². The van der Waals surface area contributed by atoms with E-state index in [2.05, 4.69) is 9.88 Å². The number of nitrogens with zero attached hydrogens (tertiary/aromatic N) is 4. The summed E-state index contributed by atoms with van der Waals surface area (Å²) in [6.07, 6.45) is 3.09. The lowest BCUT2D eigenvalue weighted by Gasteiger charge is -2.35. The molecule has 8 heteroatoms. The van der Waals surface area contributed by atoms with Gasteiger partial charge in [0.15, 0.2) is 0 Å². The van der Waals surface area contributed by atoms with Gasteiger partial charge in [-0.15, -0.1) is 0 Å². The quantitative estimate of drug-likeness (QED) is 0.433. The number of rotatable bonds is 5. The Morgan fingerprint density at radius 1 is 1.00 bits per heavy atom. The van der Waals surface area contributed by atoms with E-state index in [4.69, 9.17) is 14.5 Å². The number of aromatic nitrogens is 3. The van der Waals surface area contributed by atoms with Crippen molar-refractivity contribution >= 4 is 5.95 Å². The monoisotopic (exact) mass is 472 g/mol. The molecule has 178 valence electrons. The van der Waals surface area contributed by atoms with Crippen LogP contribution in [0.5, 0.6) is 5.75 Å². The Morgan fingerprint density at radius 2 is 1.74 bits per heavy atom. The van der Waals surface area contributed by atoms with Gasteiger partial charge in [-0.05, 0) is 41.5 Å². The average molecular weight is 473 g/mol. The molecule has 3 heterocycles. The fourth-order valence-electron chi connectivity index (χ4n) is 4.30. The maximum Gasteiger partial charge on any atom is 0.255 e. The number of pyridine rings is 1. The van der Waals surface area contributed by atoms with Crippen LogP contribution in [-0.4, -0.2) is 41.3 Å². The van der Waals surface area contributed by atoms with Gasteiger partial charge in [0, 0.05) is 43.2 Å². The van der Waals surface area contributed by atoms with Crippen molar-refractivity contribution in [1.82, 2.24) is 14.5 Å². The predicted octanol–water partition coefficient (Wildman–Crippen LogP) is 4.23. The van der Waals surface area contributed by atoms with Gasteiger partial charge in [0.05, 0.1) is 26.0 Å². The smallest absolute Gasteiger partial charge is 0.255 e. The van der Waals surface area contributed by atoms with Crippen LogP contribution in [0.2, 0.25) is 0 Å². The minimum absolute atomic E-state index is 0.133. The summed E-state index contributed by atoms with van der Waals surface area (Å²) in [6, 6.07) is 17.5. The second-order valence-electron chi connectivity index (χ2n) is 8.34. The molecular weight excluding hydrogens is 447 g/mol. The average Bonchev–Trinajstić information content (AvgIpc) is 2.91. The Labute approximate surface area is 202 Å². The van der Waals surface area contributed by atoms with Crippen molar-refractivity contribution in [3.63, 3.8) is 0 Å². The highest BCUT2D eigenvalue weighted by atomic mass is 19.1. The lowest BCUT2D eigenvalue weighted by molar-refractivity contribution is 0.0374. The first kappa shape index (κ1) is 22.7. The highest BCUT2D eigenvalue weighted by Crippen LogP contribution is 2.35. The molecule has 1 fully saturated rings. The highest BCUT2D eigenvalue weighted by molar-refractivity contribution is 5.66. The molecule has 5 rings (SSSR count). The largest absolute Gasteiger partial charge is 0.496 e. The molecule has 7 nitrogen and oxygen atoms in total. The summed E-state index contributed by atoms with van der Waals surface area (Å²) in [5.41, 5.74) is 4.03. The van der Waals surface area contributed by atoms with Crippen molar-refractivity contribution in [1.29, 1.82) is 0 Å². The number of hydrogen-bond acceptors (Lipinski definition) is 6. The molecule has 0 radical (unpaired) electrons. The fraction of sp³-hybridized carbons (Fsp3) is 0.222. The fourth-order valence-corrected chi connectivity index (χ4v) is 4.30. The van der Waals surface area contributed by atoms with Gasteiger partial charge in [-0.25, -0.2) is 9.37 Å². The van der Waals surface area contributed by atoms with E-state index < -0.39 is 0 Å². The molecule has 4 aromatic rings. The Kier molecular flexibility index (Phi) is 6.29. The van der Waals surface area contributed by atoms with Gasteiger partial charge in [-0.3, -0.25) is 14.3 Å². The van der Waals surface area contributed by atoms with Gasteiger partial charge < -0.3 is 14.4 Å². The Bertz CT molecular complexity index is 1390. The molecule has 1 saturated heterocycles. The van der Waals surface area contributed by atoms with Crippen molar-refractivity contribution in [3.05, 3.63) is 94.8 Å². The second kappa shape index (κ2) is 9.68. The van der Waals surface area contributed by atoms with Crippen molar-refractivity contribution in [2.75, 3.05) is 31.7 Å². The zero-order valence-corrected chi connectivity index (χ0v) is 19.5. The third-order valence-corrected chi connectivity index (χ3v) is 6.19. The van der Waals surface area contributed by atoms with E-state index in [1.807, 2.05) is 30.3 Å². The minimum atomic E-state index is -0.276. The molecule has 0 N–H and O–H groups in total. The van der Waals surface area contributed by atoms with Gasteiger partial charge in [-0.2, -0.15) is 0 Å². The molecular formula is C27H25FN4O3. The van der Waals surface area contributed by atoms with E-state index in [1.54, 1.807) is 43.3 Å². The third-order valence-electron chi connectivity index (χ3n) is 6.19. The normalized spacial score (nSPS) is 15.7. The lowest BCUT2D eigenvalue weighted by Crippen LogP contribution is -2.41. The van der Waals surface area contributed by atoms with Gasteiger partial charge >= 0.3 is 0 Å². The van der Waals surface area contributed by atoms with Crippen LogP contribution in [-0.2, 0) is 11.8 Å². The van der Waals surface area contributed by atoms with Crippen LogP contribution < -0.4 is 15.2 Å². The van der Waals surface area contributed by atoms with E-state index >= 15 is 0 Å². The molecule has 35 heavy (non-hydrogen) atoms. The lowest BCUT2D eigenvalue weighted by atomic mass is 10.00. The van der Waals surface area contributed by atoms with Gasteiger partial charge in [0.1, 0.15) is 17.7 Å². The zero-order chi connectivity index (χ0) is 24.4. The number of morpholine rings is 1. The minimum Gasteiger partial charge on any atom is -0.496 e. The van der Waals surface area contributed by atoms with Crippen molar-refractivity contribution in [2.24, 2.45) is 7.05 Å². The summed E-state index contributed by atoms with van der Waals surface area (Å²) >= 11 is 0. The molecule has 2 aromatic heterocycles. The van der Waals surface area contributed by atoms with Crippen LogP contribution in [0.15, 0.2) is 77.9 Å². The van der Waals surface area contributed by atoms with E-state index in [0.717, 1.165) is 22.3 Å². The summed E-state index contributed by atoms with van der Waals surface area (Å²) < 4.78 is 26.7. The maximum atomic E-state index is 13.3. The highest BCUT2D eigenvalue weighted by Gasteiger charge is 2.27. The van der Waals surface area contributed by atoms with Crippen LogP contribution in [0.3, 0.4) is 0 Å². The summed E-state index contributed by atoms with van der Waals surface area (Å²) in [5.74, 6) is 0.995. The number of benzene rings is 2. The van der Waals surface area contributed by atoms with Crippen molar-refractivity contribution in [3.8, 4) is 28.1 Å². The summed E-state index contributed by atoms with van der Waals surface area (Å²) in [5, 5.41) is 0. The van der Waals surface area contributed by atoms with E-state index in [1.165, 1.54) is 18.2 Å². The third kappa shape index (κ3) is 4.65. The van der Waals surface area contributed by atoms with Crippen LogP contribution >= 0.6 is 0 Å². The standard InChI is InChI=1S/C27H25FN4O3/c1-31-26(33)16-23(19-9-11-29-12-10-19)30-27(31)32-13-14-35-25(17-32)22-8-5-20(15-24(22)34-2)18-3-6-21(28)7-4-18/h3-12,15-16,25H,13-14,17H2,1-2H3. The van der Waals surface area contributed by atoms with Crippen molar-refractivity contribution < 1.29 is 13.9 Å². The number of ether oxygens (including phenoxy) is 2. The molecule has 0 spiro atoms. The Hall–Kier alpha value is -4.04. The molecule has 0 aliphatic carbocycles. The topological polar surface area (TPSA) is 69.5 Å². The first-order valence-corrected chi connectivity index (χ1v) is 11.3. The SMILES string of the molecule is COc1cc(-c2ccc(F)cc2)ccc1C1CN(c2nc(-c3ccncc3)cc(=O)n2C)CCO1. The van der Waals surface area contributed by atoms with Crippen LogP contribution in [0.25, 0.3) is 22.4 Å². The maximum absolute atomic E-state index is 13.3. The summed E-state index contributed by atoms with van der Waals surface area (Å²) in [6.45, 7) is 1.59. The van der Waals surface area contributed by atoms with E-state index in [9.17, 15) is 9.18 Å². The number of anilines is 1. The van der Waals surface area contributed by atoms with Gasteiger partial charge in [0.25, 0.3) is 5.56 Å². The Balaban J connectivity index is 1.45. The number of methoxy groups -OCH3 is 1. The van der Waals surface area contributed by atoms with Crippen LogP contribution in [0.1, 0.15) is 11.7 Å².